The van der Waals surface area contributed by atoms with Crippen molar-refractivity contribution in [2.24, 2.45) is 0 Å². The van der Waals surface area contributed by atoms with Crippen LogP contribution in [0.15, 0.2) is 18.2 Å². The summed E-state index contributed by atoms with van der Waals surface area (Å²) in [6, 6.07) is 6.10. The number of benzene rings is 1. The first-order chi connectivity index (χ1) is 14.3. The minimum atomic E-state index is -0.548. The van der Waals surface area contributed by atoms with Crippen molar-refractivity contribution in [3.05, 3.63) is 29.3 Å². The molecule has 0 aromatic heterocycles. The van der Waals surface area contributed by atoms with E-state index in [4.69, 9.17) is 9.47 Å². The highest BCUT2D eigenvalue weighted by atomic mass is 16.6. The summed E-state index contributed by atoms with van der Waals surface area (Å²) in [4.78, 5) is 29.6. The quantitative estimate of drug-likeness (QED) is 0.652. The standard InChI is InChI=1S/C25H38N2O4/c1-23(2,3)30-20(28)12-11-18-9-8-10-19-21(18)25(13-15-26(7)16-14-25)17-27(19)22(29)31-24(4,5)6/h8-10H,11-17H2,1-7H3. The fraction of sp³-hybridized carbons (Fsp3) is 0.680. The average Bonchev–Trinajstić information content (AvgIpc) is 2.95. The first-order valence-electron chi connectivity index (χ1n) is 11.3. The zero-order valence-corrected chi connectivity index (χ0v) is 20.2. The van der Waals surface area contributed by atoms with Crippen molar-refractivity contribution in [3.8, 4) is 0 Å². The Labute approximate surface area is 186 Å². The molecule has 0 N–H and O–H groups in total. The minimum Gasteiger partial charge on any atom is -0.460 e. The highest BCUT2D eigenvalue weighted by Crippen LogP contribution is 2.49. The number of ether oxygens (including phenoxy) is 2. The second-order valence-corrected chi connectivity index (χ2v) is 11.0. The van der Waals surface area contributed by atoms with Crippen LogP contribution in [0.5, 0.6) is 0 Å². The average molecular weight is 431 g/mol. The zero-order chi connectivity index (χ0) is 23.0. The molecule has 31 heavy (non-hydrogen) atoms. The largest absolute Gasteiger partial charge is 0.460 e. The number of carbonyl (C=O) groups is 2. The van der Waals surface area contributed by atoms with Crippen molar-refractivity contribution in [2.75, 3.05) is 31.6 Å². The van der Waals surface area contributed by atoms with Crippen LogP contribution in [0.1, 0.15) is 71.9 Å². The van der Waals surface area contributed by atoms with Gasteiger partial charge in [0, 0.05) is 18.4 Å². The molecular formula is C25H38N2O4. The second-order valence-electron chi connectivity index (χ2n) is 11.0. The SMILES string of the molecule is CN1CCC2(CC1)CN(C(=O)OC(C)(C)C)c1cccc(CCC(=O)OC(C)(C)C)c12. The molecule has 0 radical (unpaired) electrons. The van der Waals surface area contributed by atoms with E-state index in [1.807, 2.05) is 58.6 Å². The molecule has 0 saturated carbocycles. The predicted octanol–water partition coefficient (Wildman–Crippen LogP) is 4.68. The summed E-state index contributed by atoms with van der Waals surface area (Å²) in [5.41, 5.74) is 2.16. The van der Waals surface area contributed by atoms with E-state index in [0.717, 1.165) is 37.2 Å². The number of aryl methyl sites for hydroxylation is 1. The third kappa shape index (κ3) is 5.59. The molecule has 1 aromatic carbocycles. The van der Waals surface area contributed by atoms with Crippen molar-refractivity contribution >= 4 is 17.7 Å². The molecular weight excluding hydrogens is 392 g/mol. The van der Waals surface area contributed by atoms with Gasteiger partial charge in [0.1, 0.15) is 11.2 Å². The van der Waals surface area contributed by atoms with E-state index in [1.165, 1.54) is 5.56 Å². The predicted molar refractivity (Wildman–Crippen MR) is 123 cm³/mol. The van der Waals surface area contributed by atoms with E-state index >= 15 is 0 Å². The van der Waals surface area contributed by atoms with E-state index in [9.17, 15) is 9.59 Å². The Kier molecular flexibility index (Phi) is 6.43. The van der Waals surface area contributed by atoms with Gasteiger partial charge in [-0.1, -0.05) is 12.1 Å². The lowest BCUT2D eigenvalue weighted by Crippen LogP contribution is -2.46. The number of amides is 1. The first kappa shape index (κ1) is 23.6. The molecule has 6 heteroatoms. The molecule has 0 atom stereocenters. The number of fused-ring (bicyclic) bond motifs is 2. The molecule has 172 valence electrons. The highest BCUT2D eigenvalue weighted by Gasteiger charge is 2.48. The van der Waals surface area contributed by atoms with Gasteiger partial charge in [-0.3, -0.25) is 9.69 Å². The Morgan fingerprint density at radius 3 is 2.19 bits per heavy atom. The molecule has 1 spiro atoms. The van der Waals surface area contributed by atoms with Gasteiger partial charge in [0.2, 0.25) is 0 Å². The van der Waals surface area contributed by atoms with Crippen LogP contribution < -0.4 is 4.90 Å². The molecule has 1 aromatic rings. The summed E-state index contributed by atoms with van der Waals surface area (Å²) in [7, 11) is 2.14. The van der Waals surface area contributed by atoms with Gasteiger partial charge in [0.15, 0.2) is 0 Å². The van der Waals surface area contributed by atoms with Gasteiger partial charge >= 0.3 is 12.1 Å². The third-order valence-electron chi connectivity index (χ3n) is 5.99. The van der Waals surface area contributed by atoms with E-state index in [2.05, 4.69) is 18.0 Å². The smallest absolute Gasteiger partial charge is 0.414 e. The van der Waals surface area contributed by atoms with E-state index in [1.54, 1.807) is 0 Å². The van der Waals surface area contributed by atoms with Crippen molar-refractivity contribution in [2.45, 2.75) is 83.8 Å². The van der Waals surface area contributed by atoms with Gasteiger partial charge in [-0.25, -0.2) is 4.79 Å². The van der Waals surface area contributed by atoms with Crippen molar-refractivity contribution < 1.29 is 19.1 Å². The Morgan fingerprint density at radius 1 is 1.00 bits per heavy atom. The van der Waals surface area contributed by atoms with Crippen molar-refractivity contribution in [3.63, 3.8) is 0 Å². The van der Waals surface area contributed by atoms with Crippen LogP contribution >= 0.6 is 0 Å². The second kappa shape index (κ2) is 8.45. The molecule has 0 bridgehead atoms. The lowest BCUT2D eigenvalue weighted by atomic mass is 9.72. The van der Waals surface area contributed by atoms with Crippen LogP contribution in [0, 0.1) is 0 Å². The molecule has 1 saturated heterocycles. The van der Waals surface area contributed by atoms with Gasteiger partial charge in [-0.15, -0.1) is 0 Å². The Morgan fingerprint density at radius 2 is 1.61 bits per heavy atom. The van der Waals surface area contributed by atoms with E-state index < -0.39 is 11.2 Å². The third-order valence-corrected chi connectivity index (χ3v) is 5.99. The molecule has 6 nitrogen and oxygen atoms in total. The fourth-order valence-corrected chi connectivity index (χ4v) is 4.66. The number of carbonyl (C=O) groups excluding carboxylic acids is 2. The maximum Gasteiger partial charge on any atom is 0.414 e. The number of hydrogen-bond acceptors (Lipinski definition) is 5. The van der Waals surface area contributed by atoms with Gasteiger partial charge in [0.05, 0.1) is 5.69 Å². The Bertz CT molecular complexity index is 827. The molecule has 2 aliphatic rings. The molecule has 0 aliphatic carbocycles. The monoisotopic (exact) mass is 430 g/mol. The number of nitrogens with zero attached hydrogens (tertiary/aromatic N) is 2. The summed E-state index contributed by atoms with van der Waals surface area (Å²) in [5, 5.41) is 0. The lowest BCUT2D eigenvalue weighted by molar-refractivity contribution is -0.154. The summed E-state index contributed by atoms with van der Waals surface area (Å²) in [5.74, 6) is -0.190. The van der Waals surface area contributed by atoms with Crippen LogP contribution in [0.3, 0.4) is 0 Å². The van der Waals surface area contributed by atoms with Crippen molar-refractivity contribution in [1.82, 2.24) is 4.90 Å². The van der Waals surface area contributed by atoms with Crippen LogP contribution in [-0.4, -0.2) is 54.8 Å². The summed E-state index contributed by atoms with van der Waals surface area (Å²) in [6.07, 6.45) is 2.61. The van der Waals surface area contributed by atoms with Crippen molar-refractivity contribution in [1.29, 1.82) is 0 Å². The van der Waals surface area contributed by atoms with Crippen LogP contribution in [0.2, 0.25) is 0 Å². The summed E-state index contributed by atoms with van der Waals surface area (Å²) in [6.45, 7) is 13.9. The van der Waals surface area contributed by atoms with Crippen LogP contribution in [0.25, 0.3) is 0 Å². The van der Waals surface area contributed by atoms with Gasteiger partial charge in [-0.2, -0.15) is 0 Å². The number of piperidine rings is 1. The topological polar surface area (TPSA) is 59.1 Å². The van der Waals surface area contributed by atoms with E-state index in [-0.39, 0.29) is 17.5 Å². The van der Waals surface area contributed by atoms with Gasteiger partial charge in [0.25, 0.3) is 0 Å². The molecule has 2 heterocycles. The molecule has 2 aliphatic heterocycles. The maximum absolute atomic E-state index is 13.1. The maximum atomic E-state index is 13.1. The number of hydrogen-bond donors (Lipinski definition) is 0. The van der Waals surface area contributed by atoms with Gasteiger partial charge in [-0.05, 0) is 98.1 Å². The highest BCUT2D eigenvalue weighted by molar-refractivity contribution is 5.92. The number of esters is 1. The van der Waals surface area contributed by atoms with Gasteiger partial charge < -0.3 is 14.4 Å². The number of likely N-dealkylation sites (tertiary alicyclic amines) is 1. The summed E-state index contributed by atoms with van der Waals surface area (Å²) < 4.78 is 11.2. The lowest BCUT2D eigenvalue weighted by Gasteiger charge is -2.39. The summed E-state index contributed by atoms with van der Waals surface area (Å²) >= 11 is 0. The molecule has 0 unspecified atom stereocenters. The number of rotatable bonds is 3. The van der Waals surface area contributed by atoms with E-state index in [0.29, 0.717) is 19.4 Å². The zero-order valence-electron chi connectivity index (χ0n) is 20.2. The first-order valence-corrected chi connectivity index (χ1v) is 11.3. The Balaban J connectivity index is 1.92. The fourth-order valence-electron chi connectivity index (χ4n) is 4.66. The molecule has 1 amide bonds. The molecule has 1 fully saturated rings. The molecule has 3 rings (SSSR count). The Hall–Kier alpha value is -2.08. The number of anilines is 1. The minimum absolute atomic E-state index is 0.0940. The van der Waals surface area contributed by atoms with Crippen LogP contribution in [0.4, 0.5) is 10.5 Å². The van der Waals surface area contributed by atoms with Crippen LogP contribution in [-0.2, 0) is 26.1 Å². The normalized spacial score (nSPS) is 18.7.